The second-order valence-electron chi connectivity index (χ2n) is 8.22. The van der Waals surface area contributed by atoms with Crippen molar-refractivity contribution in [3.05, 3.63) is 22.5 Å². The fourth-order valence-electron chi connectivity index (χ4n) is 3.90. The van der Waals surface area contributed by atoms with E-state index in [1.807, 2.05) is 9.80 Å². The molecule has 186 valence electrons. The van der Waals surface area contributed by atoms with Crippen molar-refractivity contribution in [3.8, 4) is 0 Å². The number of carbonyl (C=O) groups excluding carboxylic acids is 3. The number of Topliss-reactive ketones (excluding diaryl/α,β-unsaturated/α-hetero) is 1. The maximum atomic E-state index is 13.7. The van der Waals surface area contributed by atoms with Gasteiger partial charge in [-0.15, -0.1) is 0 Å². The maximum absolute atomic E-state index is 13.7. The third kappa shape index (κ3) is 8.41. The molecule has 0 aliphatic carbocycles. The number of hydrogen-bond acceptors (Lipinski definition) is 11. The van der Waals surface area contributed by atoms with Gasteiger partial charge in [0.25, 0.3) is 11.9 Å². The molecule has 2 unspecified atom stereocenters. The monoisotopic (exact) mass is 498 g/mol. The predicted octanol–water partition coefficient (Wildman–Crippen LogP) is -0.495. The molecular formula is C19H28AlFN6O7. The van der Waals surface area contributed by atoms with Crippen molar-refractivity contribution in [2.75, 3.05) is 58.9 Å². The quantitative estimate of drug-likeness (QED) is 0.260. The largest absolute Gasteiger partial charge is 1.15 e. The summed E-state index contributed by atoms with van der Waals surface area (Å²) in [4.78, 5) is 56.2. The van der Waals surface area contributed by atoms with Crippen LogP contribution in [0, 0.1) is 10.1 Å². The van der Waals surface area contributed by atoms with Gasteiger partial charge in [-0.3, -0.25) is 24.2 Å². The van der Waals surface area contributed by atoms with Crippen LogP contribution in [0.3, 0.4) is 0 Å². The molecule has 0 aromatic carbocycles. The van der Waals surface area contributed by atoms with Crippen molar-refractivity contribution in [1.29, 1.82) is 0 Å². The number of aryl methyl sites for hydroxylation is 1. The molecule has 1 aromatic heterocycles. The molecule has 2 aliphatic heterocycles. The Morgan fingerprint density at radius 1 is 1.03 bits per heavy atom. The molecule has 3 heterocycles. The van der Waals surface area contributed by atoms with E-state index in [1.54, 1.807) is 0 Å². The topological polar surface area (TPSA) is 140 Å². The van der Waals surface area contributed by atoms with E-state index < -0.39 is 32.1 Å². The molecule has 34 heavy (non-hydrogen) atoms. The summed E-state index contributed by atoms with van der Waals surface area (Å²) in [6, 6.07) is 0. The first kappa shape index (κ1) is 26.2. The third-order valence-electron chi connectivity index (χ3n) is 5.77. The van der Waals surface area contributed by atoms with Gasteiger partial charge in [0.1, 0.15) is 18.2 Å². The van der Waals surface area contributed by atoms with Gasteiger partial charge in [0.2, 0.25) is 0 Å². The predicted molar refractivity (Wildman–Crippen MR) is 116 cm³/mol. The average molecular weight is 498 g/mol. The summed E-state index contributed by atoms with van der Waals surface area (Å²) in [6.45, 7) is 4.00. The number of fused-ring (bicyclic) bond motifs is 3. The molecule has 2 bridgehead atoms. The Morgan fingerprint density at radius 2 is 1.62 bits per heavy atom. The summed E-state index contributed by atoms with van der Waals surface area (Å²) in [6.07, 6.45) is 3.97. The zero-order chi connectivity index (χ0) is 24.5. The molecule has 2 saturated heterocycles. The lowest BCUT2D eigenvalue weighted by molar-refractivity contribution is -0.396. The van der Waals surface area contributed by atoms with E-state index >= 15 is 0 Å². The number of rotatable bonds is 8. The van der Waals surface area contributed by atoms with E-state index in [0.29, 0.717) is 71.6 Å². The smallest absolute Gasteiger partial charge is 0.558 e. The van der Waals surface area contributed by atoms with Crippen molar-refractivity contribution in [3.63, 3.8) is 0 Å². The minimum atomic E-state index is -3.83. The van der Waals surface area contributed by atoms with Crippen LogP contribution in [-0.2, 0) is 28.5 Å². The average Bonchev–Trinajstić information content (AvgIpc) is 3.25. The number of nitrogens with zero attached hydrogens (tertiary/aromatic N) is 6. The first-order valence-corrected chi connectivity index (χ1v) is 12.6. The highest BCUT2D eigenvalue weighted by Gasteiger charge is 2.42. The van der Waals surface area contributed by atoms with Crippen LogP contribution in [0.25, 0.3) is 0 Å². The minimum Gasteiger partial charge on any atom is -0.558 e. The molecule has 2 aliphatic rings. The summed E-state index contributed by atoms with van der Waals surface area (Å²) < 4.78 is 24.4. The fraction of sp³-hybridized carbons (Fsp3) is 0.684. The summed E-state index contributed by atoms with van der Waals surface area (Å²) in [5.74, 6) is -1.69. The van der Waals surface area contributed by atoms with Crippen LogP contribution >= 0.6 is 0 Å². The van der Waals surface area contributed by atoms with Crippen LogP contribution in [-0.4, -0.2) is 121 Å². The molecule has 0 N–H and O–H groups in total. The number of imidazole rings is 1. The molecule has 2 fully saturated rings. The Labute approximate surface area is 201 Å². The standard InChI is InChI=1S/C19H30N6O7.Al.FH/c26-16(2-1-5-24-7-4-20-19(24)25(31)32)3-6-21-8-10-22(14-17(27)28)12-13-23(11-9-21)15-18(29)30;;/h4,7H,1-3,5-6,8-15H2,(H,27,28)(H,29,30);;1H/q;+3;/p-3. The van der Waals surface area contributed by atoms with E-state index in [0.717, 1.165) is 0 Å². The van der Waals surface area contributed by atoms with Gasteiger partial charge in [0, 0.05) is 58.7 Å². The normalized spacial score (nSPS) is 22.7. The van der Waals surface area contributed by atoms with Gasteiger partial charge < -0.3 is 26.1 Å². The molecule has 0 saturated carbocycles. The van der Waals surface area contributed by atoms with Crippen LogP contribution in [0.5, 0.6) is 0 Å². The van der Waals surface area contributed by atoms with Crippen LogP contribution in [0.15, 0.2) is 12.4 Å². The summed E-state index contributed by atoms with van der Waals surface area (Å²) in [7, 11) is 0. The molecule has 3 rings (SSSR count). The van der Waals surface area contributed by atoms with Crippen molar-refractivity contribution in [2.45, 2.75) is 25.8 Å². The highest BCUT2D eigenvalue weighted by molar-refractivity contribution is 6.41. The van der Waals surface area contributed by atoms with Crippen LogP contribution in [0.1, 0.15) is 19.3 Å². The molecule has 0 amide bonds. The maximum Gasteiger partial charge on any atom is 1.15 e. The summed E-state index contributed by atoms with van der Waals surface area (Å²) in [5, 5.41) is 10.9. The van der Waals surface area contributed by atoms with Crippen molar-refractivity contribution in [2.24, 2.45) is 0 Å². The number of nitro groups is 1. The minimum absolute atomic E-state index is 0.0526. The lowest BCUT2D eigenvalue weighted by atomic mass is 10.1. The van der Waals surface area contributed by atoms with Crippen molar-refractivity contribution >= 4 is 38.9 Å². The summed E-state index contributed by atoms with van der Waals surface area (Å²) >= 11 is -3.83. The number of carbonyl (C=O) groups is 3. The SMILES string of the molecule is O=C(CCCn1ccnc1[N+](=O)[O-])CCN1CCN2CCN(CC1)CC(=O)[O][Al]([F])[O]C(=O)C2. The molecule has 2 atom stereocenters. The highest BCUT2D eigenvalue weighted by atomic mass is 27.3. The first-order chi connectivity index (χ1) is 16.3. The van der Waals surface area contributed by atoms with E-state index in [4.69, 9.17) is 0 Å². The number of hydrogen-bond donors (Lipinski definition) is 0. The molecule has 0 spiro atoms. The lowest BCUT2D eigenvalue weighted by Crippen LogP contribution is -2.41. The lowest BCUT2D eigenvalue weighted by Gasteiger charge is -2.25. The zero-order valence-corrected chi connectivity index (χ0v) is 20.0. The van der Waals surface area contributed by atoms with Crippen LogP contribution in [0.2, 0.25) is 0 Å². The Morgan fingerprint density at radius 3 is 2.21 bits per heavy atom. The Kier molecular flexibility index (Phi) is 9.90. The van der Waals surface area contributed by atoms with Crippen LogP contribution in [0.4, 0.5) is 9.47 Å². The van der Waals surface area contributed by atoms with Gasteiger partial charge in [-0.2, -0.15) is 0 Å². The van der Waals surface area contributed by atoms with Gasteiger partial charge in [0.15, 0.2) is 0 Å². The van der Waals surface area contributed by atoms with Gasteiger partial charge in [-0.25, -0.2) is 4.57 Å². The zero-order valence-electron chi connectivity index (χ0n) is 18.8. The van der Waals surface area contributed by atoms with Gasteiger partial charge >= 0.3 is 21.2 Å². The first-order valence-electron chi connectivity index (χ1n) is 11.2. The van der Waals surface area contributed by atoms with E-state index in [2.05, 4.69) is 17.5 Å². The van der Waals surface area contributed by atoms with E-state index in [9.17, 15) is 28.0 Å². The van der Waals surface area contributed by atoms with E-state index in [1.165, 1.54) is 17.0 Å². The van der Waals surface area contributed by atoms with Gasteiger partial charge in [0.05, 0.1) is 19.6 Å². The molecule has 0 radical (unpaired) electrons. The molecular weight excluding hydrogens is 470 g/mol. The molecule has 1 aromatic rings. The third-order valence-corrected chi connectivity index (χ3v) is 6.67. The highest BCUT2D eigenvalue weighted by Crippen LogP contribution is 2.10. The Bertz CT molecular complexity index is 855. The summed E-state index contributed by atoms with van der Waals surface area (Å²) in [5.41, 5.74) is 0. The van der Waals surface area contributed by atoms with Gasteiger partial charge in [-0.1, -0.05) is 4.98 Å². The number of ketones is 1. The van der Waals surface area contributed by atoms with E-state index in [-0.39, 0.29) is 24.8 Å². The van der Waals surface area contributed by atoms with Gasteiger partial charge in [-0.05, 0) is 11.3 Å². The Hall–Kier alpha value is -2.44. The Balaban J connectivity index is 1.49. The van der Waals surface area contributed by atoms with Crippen molar-refractivity contribution in [1.82, 2.24) is 24.3 Å². The van der Waals surface area contributed by atoms with Crippen molar-refractivity contribution < 1.29 is 30.4 Å². The fourth-order valence-corrected chi connectivity index (χ4v) is 4.51. The second kappa shape index (κ2) is 12.9. The number of halogens is 1. The molecule has 15 heteroatoms. The number of aromatic nitrogens is 2. The molecule has 13 nitrogen and oxygen atoms in total. The van der Waals surface area contributed by atoms with Crippen LogP contribution < -0.4 is 0 Å². The second-order valence-corrected chi connectivity index (χ2v) is 9.24.